The van der Waals surface area contributed by atoms with Crippen LogP contribution in [0.1, 0.15) is 48.0 Å². The van der Waals surface area contributed by atoms with Crippen molar-refractivity contribution in [1.82, 2.24) is 9.88 Å². The molecular formula is C25H25FN2O2. The molecule has 1 fully saturated rings. The summed E-state index contributed by atoms with van der Waals surface area (Å²) in [6.45, 7) is 0.561. The molecule has 30 heavy (non-hydrogen) atoms. The quantitative estimate of drug-likeness (QED) is 0.675. The molecule has 1 heterocycles. The Bertz CT molecular complexity index is 1070. The zero-order valence-electron chi connectivity index (χ0n) is 16.8. The lowest BCUT2D eigenvalue weighted by molar-refractivity contribution is 0.0936. The number of aromatic nitrogens is 1. The third kappa shape index (κ3) is 4.20. The fraction of sp³-hybridized carbons (Fsp3) is 0.280. The van der Waals surface area contributed by atoms with Crippen molar-refractivity contribution in [2.75, 3.05) is 6.54 Å². The van der Waals surface area contributed by atoms with E-state index in [1.54, 1.807) is 0 Å². The Hall–Kier alpha value is -3.21. The first-order valence-electron chi connectivity index (χ1n) is 10.4. The van der Waals surface area contributed by atoms with Crippen molar-refractivity contribution in [3.05, 3.63) is 100 Å². The van der Waals surface area contributed by atoms with Crippen molar-refractivity contribution in [3.8, 4) is 5.69 Å². The third-order valence-corrected chi connectivity index (χ3v) is 6.06. The topological polar surface area (TPSA) is 51.1 Å². The van der Waals surface area contributed by atoms with Crippen LogP contribution in [-0.2, 0) is 5.41 Å². The summed E-state index contributed by atoms with van der Waals surface area (Å²) in [6, 6.07) is 18.9. The largest absolute Gasteiger partial charge is 0.351 e. The first-order valence-corrected chi connectivity index (χ1v) is 10.4. The van der Waals surface area contributed by atoms with Gasteiger partial charge in [0.05, 0.1) is 5.56 Å². The maximum Gasteiger partial charge on any atom is 0.255 e. The van der Waals surface area contributed by atoms with Crippen LogP contribution in [0, 0.1) is 5.82 Å². The van der Waals surface area contributed by atoms with Gasteiger partial charge in [0, 0.05) is 29.9 Å². The fourth-order valence-electron chi connectivity index (χ4n) is 4.36. The van der Waals surface area contributed by atoms with E-state index in [-0.39, 0.29) is 22.7 Å². The van der Waals surface area contributed by atoms with Gasteiger partial charge < -0.3 is 5.32 Å². The number of halogens is 1. The molecule has 3 aromatic rings. The number of benzene rings is 2. The van der Waals surface area contributed by atoms with Gasteiger partial charge in [-0.2, -0.15) is 0 Å². The van der Waals surface area contributed by atoms with E-state index in [9.17, 15) is 14.0 Å². The van der Waals surface area contributed by atoms with Crippen LogP contribution >= 0.6 is 0 Å². The van der Waals surface area contributed by atoms with Gasteiger partial charge in [0.15, 0.2) is 0 Å². The molecule has 0 unspecified atom stereocenters. The number of nitrogens with zero attached hydrogens (tertiary/aromatic N) is 1. The van der Waals surface area contributed by atoms with Crippen LogP contribution in [0.3, 0.4) is 0 Å². The van der Waals surface area contributed by atoms with Crippen molar-refractivity contribution < 1.29 is 9.18 Å². The van der Waals surface area contributed by atoms with Crippen LogP contribution in [0.25, 0.3) is 5.69 Å². The van der Waals surface area contributed by atoms with Gasteiger partial charge in [0.2, 0.25) is 0 Å². The van der Waals surface area contributed by atoms with Crippen LogP contribution in [0.4, 0.5) is 4.39 Å². The Morgan fingerprint density at radius 3 is 2.33 bits per heavy atom. The minimum atomic E-state index is -0.376. The van der Waals surface area contributed by atoms with E-state index in [1.807, 2.05) is 18.2 Å². The second-order valence-corrected chi connectivity index (χ2v) is 7.99. The van der Waals surface area contributed by atoms with E-state index >= 15 is 0 Å². The molecule has 1 saturated carbocycles. The highest BCUT2D eigenvalue weighted by molar-refractivity contribution is 5.94. The molecule has 4 rings (SSSR count). The summed E-state index contributed by atoms with van der Waals surface area (Å²) in [4.78, 5) is 25.2. The van der Waals surface area contributed by atoms with Crippen LogP contribution in [0.2, 0.25) is 0 Å². The van der Waals surface area contributed by atoms with Gasteiger partial charge in [0.1, 0.15) is 5.82 Å². The van der Waals surface area contributed by atoms with E-state index in [4.69, 9.17) is 0 Å². The lowest BCUT2D eigenvalue weighted by Gasteiger charge is -2.38. The van der Waals surface area contributed by atoms with Crippen LogP contribution in [0.15, 0.2) is 77.7 Å². The summed E-state index contributed by atoms with van der Waals surface area (Å²) in [5.41, 5.74) is 1.86. The molecule has 1 aliphatic rings. The summed E-state index contributed by atoms with van der Waals surface area (Å²) in [6.07, 6.45) is 7.14. The van der Waals surface area contributed by atoms with Crippen molar-refractivity contribution in [2.45, 2.75) is 37.5 Å². The Balaban J connectivity index is 1.55. The zero-order valence-corrected chi connectivity index (χ0v) is 16.8. The molecular weight excluding hydrogens is 379 g/mol. The number of carbonyl (C=O) groups is 1. The molecule has 0 saturated heterocycles. The summed E-state index contributed by atoms with van der Waals surface area (Å²) in [7, 11) is 0. The maximum absolute atomic E-state index is 13.2. The van der Waals surface area contributed by atoms with Gasteiger partial charge in [-0.1, -0.05) is 49.6 Å². The highest BCUT2D eigenvalue weighted by atomic mass is 19.1. The van der Waals surface area contributed by atoms with Crippen LogP contribution in [-0.4, -0.2) is 17.0 Å². The van der Waals surface area contributed by atoms with Gasteiger partial charge >= 0.3 is 0 Å². The number of carbonyl (C=O) groups excluding carboxylic acids is 1. The van der Waals surface area contributed by atoms with E-state index in [0.29, 0.717) is 17.8 Å². The maximum atomic E-state index is 13.2. The highest BCUT2D eigenvalue weighted by Crippen LogP contribution is 2.38. The summed E-state index contributed by atoms with van der Waals surface area (Å²) < 4.78 is 14.6. The van der Waals surface area contributed by atoms with Crippen molar-refractivity contribution in [3.63, 3.8) is 0 Å². The van der Waals surface area contributed by atoms with Gasteiger partial charge in [-0.3, -0.25) is 14.2 Å². The monoisotopic (exact) mass is 404 g/mol. The Kier molecular flexibility index (Phi) is 5.79. The molecule has 5 heteroatoms. The van der Waals surface area contributed by atoms with Crippen molar-refractivity contribution in [2.24, 2.45) is 0 Å². The second-order valence-electron chi connectivity index (χ2n) is 7.99. The van der Waals surface area contributed by atoms with Crippen LogP contribution < -0.4 is 10.9 Å². The molecule has 4 nitrogen and oxygen atoms in total. The minimum absolute atomic E-state index is 0.0550. The van der Waals surface area contributed by atoms with Crippen LogP contribution in [0.5, 0.6) is 0 Å². The molecule has 1 N–H and O–H groups in total. The van der Waals surface area contributed by atoms with Gasteiger partial charge in [-0.15, -0.1) is 0 Å². The van der Waals surface area contributed by atoms with E-state index in [1.165, 1.54) is 59.1 Å². The van der Waals surface area contributed by atoms with Gasteiger partial charge in [0.25, 0.3) is 11.5 Å². The first-order chi connectivity index (χ1) is 14.6. The average molecular weight is 404 g/mol. The fourth-order valence-corrected chi connectivity index (χ4v) is 4.36. The lowest BCUT2D eigenvalue weighted by Crippen LogP contribution is -2.42. The molecule has 0 radical (unpaired) electrons. The number of amides is 1. The second kappa shape index (κ2) is 8.66. The third-order valence-electron chi connectivity index (χ3n) is 6.06. The predicted octanol–water partition coefficient (Wildman–Crippen LogP) is 4.61. The number of hydrogen-bond acceptors (Lipinski definition) is 2. The molecule has 2 aromatic carbocycles. The van der Waals surface area contributed by atoms with E-state index in [2.05, 4.69) is 17.4 Å². The molecule has 0 bridgehead atoms. The predicted molar refractivity (Wildman–Crippen MR) is 116 cm³/mol. The van der Waals surface area contributed by atoms with E-state index in [0.717, 1.165) is 25.7 Å². The molecule has 0 atom stereocenters. The summed E-state index contributed by atoms with van der Waals surface area (Å²) >= 11 is 0. The molecule has 1 aromatic heterocycles. The van der Waals surface area contributed by atoms with Gasteiger partial charge in [-0.25, -0.2) is 4.39 Å². The Morgan fingerprint density at radius 1 is 0.933 bits per heavy atom. The average Bonchev–Trinajstić information content (AvgIpc) is 2.80. The molecule has 1 amide bonds. The van der Waals surface area contributed by atoms with Crippen molar-refractivity contribution in [1.29, 1.82) is 0 Å². The number of rotatable bonds is 5. The zero-order chi connectivity index (χ0) is 21.0. The Labute approximate surface area is 175 Å². The molecule has 0 spiro atoms. The lowest BCUT2D eigenvalue weighted by atomic mass is 9.69. The number of hydrogen-bond donors (Lipinski definition) is 1. The normalized spacial score (nSPS) is 15.5. The van der Waals surface area contributed by atoms with Gasteiger partial charge in [-0.05, 0) is 48.7 Å². The number of pyridine rings is 1. The summed E-state index contributed by atoms with van der Waals surface area (Å²) in [5, 5.41) is 3.10. The van der Waals surface area contributed by atoms with Crippen molar-refractivity contribution >= 4 is 5.91 Å². The number of nitrogens with one attached hydrogen (secondary N) is 1. The molecule has 1 aliphatic carbocycles. The van der Waals surface area contributed by atoms with E-state index < -0.39 is 0 Å². The molecule has 154 valence electrons. The molecule has 0 aliphatic heterocycles. The summed E-state index contributed by atoms with van der Waals surface area (Å²) in [5.74, 6) is -0.592. The standard InChI is InChI=1S/C25H25FN2O2/c26-21-10-12-22(13-11-21)28-17-19(9-14-23(28)29)24(30)27-18-25(15-5-2-6-16-25)20-7-3-1-4-8-20/h1,3-4,7-14,17H,2,5-6,15-16,18H2,(H,27,30). The Morgan fingerprint density at radius 2 is 1.63 bits per heavy atom. The SMILES string of the molecule is O=C(NCC1(c2ccccc2)CCCCC1)c1ccc(=O)n(-c2ccc(F)cc2)c1. The minimum Gasteiger partial charge on any atom is -0.351 e. The highest BCUT2D eigenvalue weighted by Gasteiger charge is 2.34. The smallest absolute Gasteiger partial charge is 0.255 e. The first kappa shape index (κ1) is 20.1.